The molecule has 3 N–H and O–H groups in total. The second kappa shape index (κ2) is 54.7. The standard InChI is InChI=1S/C67H114O12/c1-4-7-10-13-16-19-22-25-28-29-30-31-34-37-40-43-46-49-52-55-61(70)78-65-63(72)62(71)64(66(73)74)79-67(65)76-57-58(77-60(69)54-51-48-45-42-39-36-33-27-24-21-18-15-12-9-6-3)56-75-59(68)53-50-47-44-41-38-35-32-26-23-20-17-14-11-8-5-2/h7,10,16,19,25-28,30-33,58,62-65,67,71-72H,4-6,8-9,11-15,17-18,20-24,29,34-57H2,1-3H3,(H,73,74)/b10-7-,19-16-,28-25-,31-30-,32-26-,33-27-. The molecule has 1 rings (SSSR count). The van der Waals surface area contributed by atoms with Crippen LogP contribution in [0.5, 0.6) is 0 Å². The summed E-state index contributed by atoms with van der Waals surface area (Å²) in [6.07, 6.45) is 57.1. The van der Waals surface area contributed by atoms with Crippen molar-refractivity contribution in [2.24, 2.45) is 0 Å². The summed E-state index contributed by atoms with van der Waals surface area (Å²) in [4.78, 5) is 51.3. The van der Waals surface area contributed by atoms with Crippen molar-refractivity contribution >= 4 is 23.9 Å². The summed E-state index contributed by atoms with van der Waals surface area (Å²) in [6, 6.07) is 0. The van der Waals surface area contributed by atoms with Gasteiger partial charge >= 0.3 is 23.9 Å². The van der Waals surface area contributed by atoms with Crippen LogP contribution in [-0.4, -0.2) is 89.2 Å². The molecule has 0 aromatic rings. The van der Waals surface area contributed by atoms with Crippen LogP contribution in [0.15, 0.2) is 72.9 Å². The van der Waals surface area contributed by atoms with Crippen LogP contribution in [0.2, 0.25) is 0 Å². The van der Waals surface area contributed by atoms with Gasteiger partial charge in [0.1, 0.15) is 18.8 Å². The Morgan fingerprint density at radius 2 is 0.797 bits per heavy atom. The molecule has 0 aliphatic carbocycles. The molecule has 1 fully saturated rings. The van der Waals surface area contributed by atoms with Crippen molar-refractivity contribution in [1.29, 1.82) is 0 Å². The van der Waals surface area contributed by atoms with Crippen molar-refractivity contribution in [3.05, 3.63) is 72.9 Å². The van der Waals surface area contributed by atoms with Crippen molar-refractivity contribution in [1.82, 2.24) is 0 Å². The monoisotopic (exact) mass is 1110 g/mol. The molecule has 6 unspecified atom stereocenters. The molecule has 1 saturated heterocycles. The lowest BCUT2D eigenvalue weighted by Crippen LogP contribution is -2.61. The predicted octanol–water partition coefficient (Wildman–Crippen LogP) is 16.9. The summed E-state index contributed by atoms with van der Waals surface area (Å²) in [7, 11) is 0. The second-order valence-electron chi connectivity index (χ2n) is 21.7. The fourth-order valence-corrected chi connectivity index (χ4v) is 9.35. The Bertz CT molecular complexity index is 1650. The van der Waals surface area contributed by atoms with Gasteiger partial charge in [-0.15, -0.1) is 0 Å². The van der Waals surface area contributed by atoms with Gasteiger partial charge in [0, 0.05) is 19.3 Å². The Hall–Kier alpha value is -3.84. The van der Waals surface area contributed by atoms with Crippen LogP contribution in [0.4, 0.5) is 0 Å². The number of ether oxygens (including phenoxy) is 5. The van der Waals surface area contributed by atoms with E-state index >= 15 is 0 Å². The van der Waals surface area contributed by atoms with Gasteiger partial charge in [-0.2, -0.15) is 0 Å². The molecule has 1 aliphatic rings. The number of carbonyl (C=O) groups excluding carboxylic acids is 3. The van der Waals surface area contributed by atoms with Crippen LogP contribution in [0.3, 0.4) is 0 Å². The number of carboxylic acid groups (broad SMARTS) is 1. The van der Waals surface area contributed by atoms with Crippen LogP contribution in [-0.2, 0) is 42.9 Å². The molecule has 0 bridgehead atoms. The molecular weight excluding hydrogens is 997 g/mol. The van der Waals surface area contributed by atoms with Crippen molar-refractivity contribution in [3.8, 4) is 0 Å². The molecule has 0 aromatic carbocycles. The third-order valence-corrected chi connectivity index (χ3v) is 14.2. The molecule has 0 aromatic heterocycles. The lowest BCUT2D eigenvalue weighted by atomic mass is 9.98. The van der Waals surface area contributed by atoms with Crippen LogP contribution in [0.25, 0.3) is 0 Å². The maximum atomic E-state index is 13.2. The lowest BCUT2D eigenvalue weighted by molar-refractivity contribution is -0.301. The van der Waals surface area contributed by atoms with E-state index in [4.69, 9.17) is 23.7 Å². The van der Waals surface area contributed by atoms with Gasteiger partial charge in [0.05, 0.1) is 6.61 Å². The van der Waals surface area contributed by atoms with E-state index < -0.39 is 67.3 Å². The van der Waals surface area contributed by atoms with Gasteiger partial charge in [-0.1, -0.05) is 222 Å². The van der Waals surface area contributed by atoms with Crippen LogP contribution in [0, 0.1) is 0 Å². The Labute approximate surface area is 480 Å². The number of allylic oxidation sites excluding steroid dienone is 12. The summed E-state index contributed by atoms with van der Waals surface area (Å²) in [5.74, 6) is -3.15. The summed E-state index contributed by atoms with van der Waals surface area (Å²) >= 11 is 0. The fourth-order valence-electron chi connectivity index (χ4n) is 9.35. The minimum atomic E-state index is -1.91. The van der Waals surface area contributed by atoms with E-state index in [-0.39, 0.29) is 25.9 Å². The molecule has 12 heteroatoms. The number of hydrogen-bond donors (Lipinski definition) is 3. The summed E-state index contributed by atoms with van der Waals surface area (Å²) < 4.78 is 28.5. The molecule has 1 aliphatic heterocycles. The summed E-state index contributed by atoms with van der Waals surface area (Å²) in [5.41, 5.74) is 0. The van der Waals surface area contributed by atoms with Crippen molar-refractivity contribution in [2.75, 3.05) is 13.2 Å². The van der Waals surface area contributed by atoms with Crippen molar-refractivity contribution in [2.45, 2.75) is 314 Å². The summed E-state index contributed by atoms with van der Waals surface area (Å²) in [6.45, 7) is 5.87. The van der Waals surface area contributed by atoms with E-state index in [1.165, 1.54) is 77.0 Å². The highest BCUT2D eigenvalue weighted by Gasteiger charge is 2.50. The van der Waals surface area contributed by atoms with Crippen LogP contribution >= 0.6 is 0 Å². The molecule has 0 amide bonds. The fraction of sp³-hybridized carbons (Fsp3) is 0.761. The number of aliphatic hydroxyl groups excluding tert-OH is 2. The van der Waals surface area contributed by atoms with E-state index in [9.17, 15) is 34.5 Å². The normalized spacial score (nSPS) is 18.3. The number of aliphatic carboxylic acids is 1. The highest BCUT2D eigenvalue weighted by molar-refractivity contribution is 5.74. The number of esters is 3. The highest BCUT2D eigenvalue weighted by Crippen LogP contribution is 2.26. The lowest BCUT2D eigenvalue weighted by Gasteiger charge is -2.40. The predicted molar refractivity (Wildman–Crippen MR) is 322 cm³/mol. The number of aliphatic hydroxyl groups is 2. The highest BCUT2D eigenvalue weighted by atomic mass is 16.7. The number of unbranched alkanes of at least 4 members (excludes halogenated alkanes) is 28. The van der Waals surface area contributed by atoms with E-state index in [2.05, 4.69) is 93.7 Å². The Kier molecular flexibility index (Phi) is 50.7. The van der Waals surface area contributed by atoms with Crippen molar-refractivity contribution in [3.63, 3.8) is 0 Å². The Balaban J connectivity index is 2.68. The zero-order valence-corrected chi connectivity index (χ0v) is 50.1. The van der Waals surface area contributed by atoms with E-state index in [1.54, 1.807) is 0 Å². The molecule has 1 heterocycles. The topological polar surface area (TPSA) is 175 Å². The maximum Gasteiger partial charge on any atom is 0.335 e. The van der Waals surface area contributed by atoms with Gasteiger partial charge in [0.25, 0.3) is 0 Å². The number of rotatable bonds is 54. The Morgan fingerprint density at radius 3 is 1.23 bits per heavy atom. The molecule has 454 valence electrons. The molecule has 79 heavy (non-hydrogen) atoms. The number of carboxylic acids is 1. The molecular formula is C67H114O12. The van der Waals surface area contributed by atoms with Gasteiger partial charge in [-0.25, -0.2) is 4.79 Å². The molecule has 0 spiro atoms. The average molecular weight is 1110 g/mol. The van der Waals surface area contributed by atoms with Crippen LogP contribution in [0.1, 0.15) is 278 Å². The van der Waals surface area contributed by atoms with Gasteiger partial charge < -0.3 is 39.0 Å². The minimum Gasteiger partial charge on any atom is -0.479 e. The van der Waals surface area contributed by atoms with Gasteiger partial charge in [-0.05, 0) is 109 Å². The molecule has 6 atom stereocenters. The smallest absolute Gasteiger partial charge is 0.335 e. The Morgan fingerprint density at radius 1 is 0.430 bits per heavy atom. The quantitative estimate of drug-likeness (QED) is 0.0228. The third kappa shape index (κ3) is 44.5. The second-order valence-corrected chi connectivity index (χ2v) is 21.7. The first kappa shape index (κ1) is 73.2. The first-order chi connectivity index (χ1) is 38.6. The summed E-state index contributed by atoms with van der Waals surface area (Å²) in [5, 5.41) is 31.6. The largest absolute Gasteiger partial charge is 0.479 e. The van der Waals surface area contributed by atoms with Crippen molar-refractivity contribution < 1.29 is 58.2 Å². The maximum absolute atomic E-state index is 13.2. The molecule has 0 radical (unpaired) electrons. The minimum absolute atomic E-state index is 0.0413. The van der Waals surface area contributed by atoms with E-state index in [0.717, 1.165) is 141 Å². The zero-order valence-electron chi connectivity index (χ0n) is 50.1. The van der Waals surface area contributed by atoms with Gasteiger partial charge in [0.15, 0.2) is 24.6 Å². The molecule has 12 nitrogen and oxygen atoms in total. The number of carbonyl (C=O) groups is 4. The third-order valence-electron chi connectivity index (χ3n) is 14.2. The first-order valence-corrected chi connectivity index (χ1v) is 31.9. The number of hydrogen-bond acceptors (Lipinski definition) is 11. The first-order valence-electron chi connectivity index (χ1n) is 31.9. The SMILES string of the molecule is CC/C=C\C/C=C\C/C=C\C/C=C\CCCCCCCCC(=O)OC1C(OCC(COC(=O)CCCCCCC/C=C\CCCCCCCC)OC(=O)CCCCCCC/C=C\CCCCCCCC)OC(C(=O)O)C(O)C1O. The van der Waals surface area contributed by atoms with Crippen LogP contribution < -0.4 is 0 Å². The zero-order chi connectivity index (χ0) is 57.5. The average Bonchev–Trinajstić information content (AvgIpc) is 3.44. The van der Waals surface area contributed by atoms with Gasteiger partial charge in [-0.3, -0.25) is 14.4 Å². The van der Waals surface area contributed by atoms with E-state index in [0.29, 0.717) is 19.3 Å². The molecule has 0 saturated carbocycles. The van der Waals surface area contributed by atoms with E-state index in [1.807, 2.05) is 0 Å². The van der Waals surface area contributed by atoms with Gasteiger partial charge in [0.2, 0.25) is 0 Å².